The zero-order valence-corrected chi connectivity index (χ0v) is 20.4. The van der Waals surface area contributed by atoms with E-state index in [1.807, 2.05) is 24.7 Å². The Hall–Kier alpha value is -4.63. The van der Waals surface area contributed by atoms with Crippen LogP contribution in [0.1, 0.15) is 18.4 Å². The van der Waals surface area contributed by atoms with E-state index in [-0.39, 0.29) is 5.75 Å². The number of hydrogen-bond donors (Lipinski definition) is 3. The van der Waals surface area contributed by atoms with Crippen molar-refractivity contribution in [3.8, 4) is 39.4 Å². The monoisotopic (exact) mass is 505 g/mol. The molecule has 188 valence electrons. The average molecular weight is 506 g/mol. The van der Waals surface area contributed by atoms with Crippen LogP contribution < -0.4 is 0 Å². The molecule has 1 fully saturated rings. The molecule has 0 unspecified atom stereocenters. The maximum absolute atomic E-state index is 14.0. The molecule has 0 bridgehead atoms. The number of likely N-dealkylation sites (tertiary alicyclic amines) is 1. The smallest absolute Gasteiger partial charge is 0.155 e. The Balaban J connectivity index is 1.28. The van der Waals surface area contributed by atoms with E-state index in [0.29, 0.717) is 16.8 Å². The minimum Gasteiger partial charge on any atom is -0.508 e. The highest BCUT2D eigenvalue weighted by molar-refractivity contribution is 6.00. The van der Waals surface area contributed by atoms with Crippen molar-refractivity contribution < 1.29 is 9.50 Å². The number of hydrogen-bond acceptors (Lipinski definition) is 6. The van der Waals surface area contributed by atoms with E-state index < -0.39 is 5.82 Å². The van der Waals surface area contributed by atoms with E-state index in [1.165, 1.54) is 30.5 Å². The van der Waals surface area contributed by atoms with E-state index in [2.05, 4.69) is 47.2 Å². The predicted molar refractivity (Wildman–Crippen MR) is 144 cm³/mol. The SMILES string of the molecule is Oc1cc(F)cc(-c2cncc3[nH]c(-c4n[nH]c5ncc(-c6cncc(CN7CCCC7)c6)cc45)cc23)c1. The molecule has 0 atom stereocenters. The topological polar surface area (TPSA) is 107 Å². The highest BCUT2D eigenvalue weighted by atomic mass is 19.1. The number of H-pyrrole nitrogens is 2. The first kappa shape index (κ1) is 22.6. The van der Waals surface area contributed by atoms with Crippen LogP contribution in [0.3, 0.4) is 0 Å². The summed E-state index contributed by atoms with van der Waals surface area (Å²) in [6.45, 7) is 3.18. The summed E-state index contributed by atoms with van der Waals surface area (Å²) >= 11 is 0. The van der Waals surface area contributed by atoms with Crippen molar-refractivity contribution in [3.63, 3.8) is 0 Å². The highest BCUT2D eigenvalue weighted by Crippen LogP contribution is 2.35. The summed E-state index contributed by atoms with van der Waals surface area (Å²) < 4.78 is 14.0. The highest BCUT2D eigenvalue weighted by Gasteiger charge is 2.17. The zero-order chi connectivity index (χ0) is 25.6. The molecule has 1 aliphatic heterocycles. The summed E-state index contributed by atoms with van der Waals surface area (Å²) in [5.41, 5.74) is 7.37. The molecular weight excluding hydrogens is 481 g/mol. The normalized spacial score (nSPS) is 14.1. The van der Waals surface area contributed by atoms with E-state index in [1.54, 1.807) is 12.4 Å². The number of pyridine rings is 3. The molecule has 0 radical (unpaired) electrons. The first-order valence-electron chi connectivity index (χ1n) is 12.6. The lowest BCUT2D eigenvalue weighted by Gasteiger charge is -2.14. The summed E-state index contributed by atoms with van der Waals surface area (Å²) in [6, 6.07) is 10.2. The number of nitrogens with zero attached hydrogens (tertiary/aromatic N) is 5. The van der Waals surface area contributed by atoms with Gasteiger partial charge in [-0.3, -0.25) is 20.0 Å². The fourth-order valence-electron chi connectivity index (χ4n) is 5.34. The molecule has 6 aromatic rings. The van der Waals surface area contributed by atoms with Gasteiger partial charge in [0.2, 0.25) is 0 Å². The fraction of sp³-hybridized carbons (Fsp3) is 0.172. The molecule has 8 nitrogen and oxygen atoms in total. The van der Waals surface area contributed by atoms with Gasteiger partial charge in [-0.05, 0) is 67.4 Å². The largest absolute Gasteiger partial charge is 0.508 e. The van der Waals surface area contributed by atoms with Crippen molar-refractivity contribution in [2.45, 2.75) is 19.4 Å². The quantitative estimate of drug-likeness (QED) is 0.279. The average Bonchev–Trinajstić information content (AvgIpc) is 3.67. The molecule has 1 aliphatic rings. The molecule has 1 saturated heterocycles. The number of fused-ring (bicyclic) bond motifs is 2. The first-order valence-corrected chi connectivity index (χ1v) is 12.6. The number of benzene rings is 1. The Kier molecular flexibility index (Phi) is 5.36. The van der Waals surface area contributed by atoms with Crippen LogP contribution in [-0.2, 0) is 6.54 Å². The molecule has 7 rings (SSSR count). The third-order valence-electron chi connectivity index (χ3n) is 7.14. The number of phenols is 1. The predicted octanol–water partition coefficient (Wildman–Crippen LogP) is 5.67. The van der Waals surface area contributed by atoms with E-state index >= 15 is 0 Å². The Morgan fingerprint density at radius 2 is 1.68 bits per heavy atom. The minimum atomic E-state index is -0.511. The van der Waals surface area contributed by atoms with Gasteiger partial charge < -0.3 is 10.1 Å². The second-order valence-electron chi connectivity index (χ2n) is 9.79. The Labute approximate surface area is 217 Å². The summed E-state index contributed by atoms with van der Waals surface area (Å²) in [5, 5.41) is 19.2. The van der Waals surface area contributed by atoms with Crippen LogP contribution in [0, 0.1) is 5.82 Å². The van der Waals surface area contributed by atoms with Crippen LogP contribution >= 0.6 is 0 Å². The van der Waals surface area contributed by atoms with Crippen molar-refractivity contribution in [1.82, 2.24) is 35.0 Å². The molecule has 0 amide bonds. The molecule has 0 spiro atoms. The van der Waals surface area contributed by atoms with Crippen LogP contribution in [0.4, 0.5) is 4.39 Å². The number of aromatic amines is 2. The van der Waals surface area contributed by atoms with Crippen molar-refractivity contribution in [1.29, 1.82) is 0 Å². The van der Waals surface area contributed by atoms with Gasteiger partial charge in [-0.1, -0.05) is 0 Å². The summed E-state index contributed by atoms with van der Waals surface area (Å²) in [6.07, 6.45) is 11.5. The van der Waals surface area contributed by atoms with Crippen LogP contribution in [0.15, 0.2) is 67.4 Å². The van der Waals surface area contributed by atoms with Gasteiger partial charge in [0, 0.05) is 64.9 Å². The number of aromatic nitrogens is 6. The zero-order valence-electron chi connectivity index (χ0n) is 20.4. The second-order valence-corrected chi connectivity index (χ2v) is 9.79. The van der Waals surface area contributed by atoms with Crippen molar-refractivity contribution >= 4 is 21.9 Å². The Morgan fingerprint density at radius 1 is 0.842 bits per heavy atom. The Morgan fingerprint density at radius 3 is 2.55 bits per heavy atom. The summed E-state index contributed by atoms with van der Waals surface area (Å²) in [5.74, 6) is -0.646. The van der Waals surface area contributed by atoms with Crippen molar-refractivity contribution in [2.24, 2.45) is 0 Å². The molecule has 5 aromatic heterocycles. The van der Waals surface area contributed by atoms with Gasteiger partial charge in [0.25, 0.3) is 0 Å². The molecule has 9 heteroatoms. The van der Waals surface area contributed by atoms with E-state index in [9.17, 15) is 9.50 Å². The number of rotatable bonds is 5. The lowest BCUT2D eigenvalue weighted by molar-refractivity contribution is 0.331. The molecule has 0 aliphatic carbocycles. The molecule has 6 heterocycles. The van der Waals surface area contributed by atoms with E-state index in [4.69, 9.17) is 0 Å². The lowest BCUT2D eigenvalue weighted by Crippen LogP contribution is -2.18. The molecular formula is C29H24FN7O. The maximum Gasteiger partial charge on any atom is 0.155 e. The van der Waals surface area contributed by atoms with Gasteiger partial charge in [-0.2, -0.15) is 5.10 Å². The minimum absolute atomic E-state index is 0.136. The third-order valence-corrected chi connectivity index (χ3v) is 7.14. The number of halogens is 1. The van der Waals surface area contributed by atoms with Gasteiger partial charge in [0.15, 0.2) is 5.65 Å². The number of phenolic OH excluding ortho intramolecular Hbond substituents is 1. The molecule has 1 aromatic carbocycles. The molecule has 0 saturated carbocycles. The van der Waals surface area contributed by atoms with Crippen LogP contribution in [0.2, 0.25) is 0 Å². The maximum atomic E-state index is 14.0. The first-order chi connectivity index (χ1) is 18.6. The second kappa shape index (κ2) is 9.04. The van der Waals surface area contributed by atoms with Crippen molar-refractivity contribution in [3.05, 3.63) is 78.8 Å². The van der Waals surface area contributed by atoms with Crippen LogP contribution in [0.5, 0.6) is 5.75 Å². The standard InChI is InChI=1S/C29H24FN7O/c30-21-6-18(7-22(38)9-21)25-14-32-15-27-23(25)10-26(34-27)28-24-8-20(13-33-29(24)36-35-28)19-5-17(11-31-12-19)16-37-3-1-2-4-37/h5-15,34,38H,1-4,16H2,(H,33,35,36). The van der Waals surface area contributed by atoms with Gasteiger partial charge in [0.05, 0.1) is 17.4 Å². The van der Waals surface area contributed by atoms with Gasteiger partial charge in [-0.15, -0.1) is 0 Å². The summed E-state index contributed by atoms with van der Waals surface area (Å²) in [7, 11) is 0. The number of nitrogens with one attached hydrogen (secondary N) is 2. The van der Waals surface area contributed by atoms with Gasteiger partial charge in [-0.25, -0.2) is 9.37 Å². The van der Waals surface area contributed by atoms with Gasteiger partial charge in [0.1, 0.15) is 17.3 Å². The van der Waals surface area contributed by atoms with Crippen LogP contribution in [-0.4, -0.2) is 53.2 Å². The lowest BCUT2D eigenvalue weighted by atomic mass is 10.0. The Bertz CT molecular complexity index is 1780. The van der Waals surface area contributed by atoms with E-state index in [0.717, 1.165) is 64.5 Å². The molecule has 38 heavy (non-hydrogen) atoms. The third kappa shape index (κ3) is 4.06. The van der Waals surface area contributed by atoms with Gasteiger partial charge >= 0.3 is 0 Å². The fourth-order valence-corrected chi connectivity index (χ4v) is 5.34. The summed E-state index contributed by atoms with van der Waals surface area (Å²) in [4.78, 5) is 19.3. The van der Waals surface area contributed by atoms with Crippen LogP contribution in [0.25, 0.3) is 55.6 Å². The van der Waals surface area contributed by atoms with Crippen molar-refractivity contribution in [2.75, 3.05) is 13.1 Å². The number of aromatic hydroxyl groups is 1. The molecule has 3 N–H and O–H groups in total.